The van der Waals surface area contributed by atoms with Gasteiger partial charge in [0.2, 0.25) is 0 Å². The Morgan fingerprint density at radius 2 is 2.29 bits per heavy atom. The molecule has 1 atom stereocenters. The summed E-state index contributed by atoms with van der Waals surface area (Å²) < 4.78 is 5.45. The van der Waals surface area contributed by atoms with Crippen LogP contribution in [0.1, 0.15) is 24.9 Å². The molecule has 0 radical (unpaired) electrons. The van der Waals surface area contributed by atoms with Gasteiger partial charge in [0.1, 0.15) is 11.5 Å². The Hall–Kier alpha value is -0.410. The van der Waals surface area contributed by atoms with E-state index in [1.54, 1.807) is 0 Å². The van der Waals surface area contributed by atoms with Gasteiger partial charge >= 0.3 is 0 Å². The molecule has 0 saturated heterocycles. The van der Waals surface area contributed by atoms with Gasteiger partial charge in [-0.05, 0) is 38.3 Å². The van der Waals surface area contributed by atoms with E-state index >= 15 is 0 Å². The van der Waals surface area contributed by atoms with E-state index in [1.807, 2.05) is 30.8 Å². The number of hydrogen-bond donors (Lipinski definition) is 1. The average molecular weight is 213 g/mol. The van der Waals surface area contributed by atoms with Gasteiger partial charge in [0.25, 0.3) is 0 Å². The number of aryl methyl sites for hydroxylation is 1. The van der Waals surface area contributed by atoms with Crippen LogP contribution in [-0.4, -0.2) is 18.1 Å². The lowest BCUT2D eigenvalue weighted by atomic mass is 10.3. The summed E-state index contributed by atoms with van der Waals surface area (Å²) in [6.07, 6.45) is 3.36. The molecule has 0 fully saturated rings. The van der Waals surface area contributed by atoms with E-state index in [9.17, 15) is 0 Å². The minimum absolute atomic E-state index is 0.737. The SMILES string of the molecule is CSC(C)CCNCc1ccc(C)o1. The summed E-state index contributed by atoms with van der Waals surface area (Å²) in [6.45, 7) is 6.12. The monoisotopic (exact) mass is 213 g/mol. The van der Waals surface area contributed by atoms with E-state index in [4.69, 9.17) is 4.42 Å². The summed E-state index contributed by atoms with van der Waals surface area (Å²) in [5.41, 5.74) is 0. The Labute approximate surface area is 90.5 Å². The lowest BCUT2D eigenvalue weighted by Crippen LogP contribution is -2.17. The quantitative estimate of drug-likeness (QED) is 0.736. The zero-order chi connectivity index (χ0) is 10.4. The van der Waals surface area contributed by atoms with Crippen molar-refractivity contribution in [2.75, 3.05) is 12.8 Å². The molecule has 0 saturated carbocycles. The first-order valence-electron chi connectivity index (χ1n) is 5.01. The summed E-state index contributed by atoms with van der Waals surface area (Å²) >= 11 is 1.91. The van der Waals surface area contributed by atoms with Crippen molar-refractivity contribution in [3.8, 4) is 0 Å². The van der Waals surface area contributed by atoms with Crippen molar-refractivity contribution >= 4 is 11.8 Å². The van der Waals surface area contributed by atoms with Crippen LogP contribution in [0.3, 0.4) is 0 Å². The number of nitrogens with one attached hydrogen (secondary N) is 1. The van der Waals surface area contributed by atoms with E-state index in [0.29, 0.717) is 0 Å². The molecule has 1 aromatic rings. The van der Waals surface area contributed by atoms with Crippen molar-refractivity contribution in [2.45, 2.75) is 32.1 Å². The molecule has 1 N–H and O–H groups in total. The summed E-state index contributed by atoms with van der Waals surface area (Å²) in [7, 11) is 0. The molecule has 0 aromatic carbocycles. The van der Waals surface area contributed by atoms with Crippen molar-refractivity contribution < 1.29 is 4.42 Å². The Morgan fingerprint density at radius 1 is 1.50 bits per heavy atom. The maximum Gasteiger partial charge on any atom is 0.117 e. The fourth-order valence-corrected chi connectivity index (χ4v) is 1.57. The molecular weight excluding hydrogens is 194 g/mol. The molecule has 0 aliphatic carbocycles. The molecule has 1 rings (SSSR count). The Kier molecular flexibility index (Phi) is 5.12. The number of thioether (sulfide) groups is 1. The first kappa shape index (κ1) is 11.7. The van der Waals surface area contributed by atoms with Gasteiger partial charge in [0, 0.05) is 5.25 Å². The number of furan rings is 1. The normalized spacial score (nSPS) is 13.1. The fourth-order valence-electron chi connectivity index (χ4n) is 1.21. The van der Waals surface area contributed by atoms with Crippen LogP contribution in [0.15, 0.2) is 16.5 Å². The van der Waals surface area contributed by atoms with Crippen molar-refractivity contribution in [3.63, 3.8) is 0 Å². The van der Waals surface area contributed by atoms with Gasteiger partial charge in [-0.2, -0.15) is 11.8 Å². The minimum atomic E-state index is 0.737. The summed E-state index contributed by atoms with van der Waals surface area (Å²) in [6, 6.07) is 4.03. The molecule has 0 aliphatic rings. The third kappa shape index (κ3) is 4.20. The molecule has 0 bridgehead atoms. The van der Waals surface area contributed by atoms with Gasteiger partial charge in [-0.3, -0.25) is 0 Å². The van der Waals surface area contributed by atoms with Gasteiger partial charge in [-0.25, -0.2) is 0 Å². The Bertz CT molecular complexity index is 260. The predicted molar refractivity (Wildman–Crippen MR) is 62.7 cm³/mol. The number of hydrogen-bond acceptors (Lipinski definition) is 3. The highest BCUT2D eigenvalue weighted by Crippen LogP contribution is 2.09. The van der Waals surface area contributed by atoms with Crippen molar-refractivity contribution in [1.29, 1.82) is 0 Å². The second-order valence-corrected chi connectivity index (χ2v) is 4.80. The van der Waals surface area contributed by atoms with E-state index in [2.05, 4.69) is 18.5 Å². The summed E-state index contributed by atoms with van der Waals surface area (Å²) in [4.78, 5) is 0. The fraction of sp³-hybridized carbons (Fsp3) is 0.636. The van der Waals surface area contributed by atoms with E-state index in [-0.39, 0.29) is 0 Å². The summed E-state index contributed by atoms with van der Waals surface area (Å²) in [5.74, 6) is 2.01. The average Bonchev–Trinajstić information content (AvgIpc) is 2.58. The topological polar surface area (TPSA) is 25.2 Å². The first-order chi connectivity index (χ1) is 6.72. The van der Waals surface area contributed by atoms with Crippen LogP contribution in [0.25, 0.3) is 0 Å². The third-order valence-electron chi connectivity index (χ3n) is 2.23. The zero-order valence-corrected chi connectivity index (χ0v) is 9.99. The molecule has 14 heavy (non-hydrogen) atoms. The second kappa shape index (κ2) is 6.14. The Morgan fingerprint density at radius 3 is 2.86 bits per heavy atom. The summed E-state index contributed by atoms with van der Waals surface area (Å²) in [5, 5.41) is 4.11. The van der Waals surface area contributed by atoms with Crippen LogP contribution in [0, 0.1) is 6.92 Å². The molecule has 2 nitrogen and oxygen atoms in total. The molecule has 0 aliphatic heterocycles. The minimum Gasteiger partial charge on any atom is -0.465 e. The molecule has 3 heteroatoms. The van der Waals surface area contributed by atoms with Gasteiger partial charge < -0.3 is 9.73 Å². The predicted octanol–water partition coefficient (Wildman–Crippen LogP) is 2.82. The lowest BCUT2D eigenvalue weighted by molar-refractivity contribution is 0.460. The molecule has 1 heterocycles. The third-order valence-corrected chi connectivity index (χ3v) is 3.27. The smallest absolute Gasteiger partial charge is 0.117 e. The van der Waals surface area contributed by atoms with E-state index in [0.717, 1.165) is 29.9 Å². The molecule has 1 aromatic heterocycles. The maximum absolute atomic E-state index is 5.45. The molecule has 0 spiro atoms. The largest absolute Gasteiger partial charge is 0.465 e. The maximum atomic E-state index is 5.45. The van der Waals surface area contributed by atoms with Crippen molar-refractivity contribution in [2.24, 2.45) is 0 Å². The van der Waals surface area contributed by atoms with E-state index in [1.165, 1.54) is 6.42 Å². The molecule has 0 amide bonds. The zero-order valence-electron chi connectivity index (χ0n) is 9.17. The molecule has 80 valence electrons. The second-order valence-electron chi connectivity index (χ2n) is 3.52. The van der Waals surface area contributed by atoms with E-state index < -0.39 is 0 Å². The van der Waals surface area contributed by atoms with Crippen molar-refractivity contribution in [3.05, 3.63) is 23.7 Å². The highest BCUT2D eigenvalue weighted by atomic mass is 32.2. The number of rotatable bonds is 6. The highest BCUT2D eigenvalue weighted by molar-refractivity contribution is 7.99. The lowest BCUT2D eigenvalue weighted by Gasteiger charge is -2.07. The molecular formula is C11H19NOS. The van der Waals surface area contributed by atoms with Gasteiger partial charge in [0.15, 0.2) is 0 Å². The Balaban J connectivity index is 2.10. The van der Waals surface area contributed by atoms with Gasteiger partial charge in [0.05, 0.1) is 6.54 Å². The van der Waals surface area contributed by atoms with Crippen LogP contribution < -0.4 is 5.32 Å². The van der Waals surface area contributed by atoms with Gasteiger partial charge in [-0.15, -0.1) is 0 Å². The standard InChI is InChI=1S/C11H19NOS/c1-9-4-5-11(13-9)8-12-7-6-10(2)14-3/h4-5,10,12H,6-8H2,1-3H3. The van der Waals surface area contributed by atoms with Crippen LogP contribution in [-0.2, 0) is 6.54 Å². The highest BCUT2D eigenvalue weighted by Gasteiger charge is 2.00. The van der Waals surface area contributed by atoms with Crippen LogP contribution >= 0.6 is 11.8 Å². The van der Waals surface area contributed by atoms with Crippen LogP contribution in [0.5, 0.6) is 0 Å². The van der Waals surface area contributed by atoms with Crippen LogP contribution in [0.2, 0.25) is 0 Å². The van der Waals surface area contributed by atoms with Crippen LogP contribution in [0.4, 0.5) is 0 Å². The molecule has 1 unspecified atom stereocenters. The first-order valence-corrected chi connectivity index (χ1v) is 6.30. The van der Waals surface area contributed by atoms with Crippen molar-refractivity contribution in [1.82, 2.24) is 5.32 Å². The van der Waals surface area contributed by atoms with Gasteiger partial charge in [-0.1, -0.05) is 6.92 Å².